The fourth-order valence-electron chi connectivity index (χ4n) is 1.52. The Morgan fingerprint density at radius 1 is 1.38 bits per heavy atom. The molecule has 0 aliphatic heterocycles. The number of halogens is 3. The first-order chi connectivity index (χ1) is 7.30. The van der Waals surface area contributed by atoms with Gasteiger partial charge in [0, 0.05) is 0 Å². The molecule has 2 N–H and O–H groups in total. The standard InChI is InChI=1S/C9H12F3NO3/c10-9(11,12)8(16)13-6(7(14)15)4-5-2-1-3-5/h5-6H,1-4H2,(H,13,16)(H,14,15). The Morgan fingerprint density at radius 2 is 1.94 bits per heavy atom. The lowest BCUT2D eigenvalue weighted by Gasteiger charge is -2.28. The summed E-state index contributed by atoms with van der Waals surface area (Å²) in [4.78, 5) is 21.2. The van der Waals surface area contributed by atoms with Crippen LogP contribution in [-0.4, -0.2) is 29.2 Å². The minimum absolute atomic E-state index is 0.0666. The normalized spacial score (nSPS) is 18.7. The van der Waals surface area contributed by atoms with Crippen molar-refractivity contribution in [3.63, 3.8) is 0 Å². The molecule has 16 heavy (non-hydrogen) atoms. The molecule has 0 radical (unpaired) electrons. The molecule has 92 valence electrons. The highest BCUT2D eigenvalue weighted by molar-refractivity contribution is 5.86. The molecule has 0 spiro atoms. The second-order valence-corrected chi connectivity index (χ2v) is 3.89. The Labute approximate surface area is 89.8 Å². The van der Waals surface area contributed by atoms with E-state index in [0.29, 0.717) is 0 Å². The average Bonchev–Trinajstić information content (AvgIpc) is 2.06. The molecule has 1 rings (SSSR count). The molecule has 0 aromatic carbocycles. The van der Waals surface area contributed by atoms with E-state index in [0.717, 1.165) is 19.3 Å². The first kappa shape index (κ1) is 12.8. The van der Waals surface area contributed by atoms with Crippen molar-refractivity contribution in [3.05, 3.63) is 0 Å². The smallest absolute Gasteiger partial charge is 0.471 e. The molecule has 0 aromatic rings. The van der Waals surface area contributed by atoms with E-state index < -0.39 is 24.1 Å². The van der Waals surface area contributed by atoms with E-state index in [2.05, 4.69) is 0 Å². The summed E-state index contributed by atoms with van der Waals surface area (Å²) >= 11 is 0. The van der Waals surface area contributed by atoms with Crippen molar-refractivity contribution in [1.82, 2.24) is 5.32 Å². The van der Waals surface area contributed by atoms with Gasteiger partial charge < -0.3 is 10.4 Å². The molecule has 1 aliphatic carbocycles. The number of amides is 1. The number of nitrogens with one attached hydrogen (secondary N) is 1. The van der Waals surface area contributed by atoms with Crippen LogP contribution >= 0.6 is 0 Å². The summed E-state index contributed by atoms with van der Waals surface area (Å²) in [5, 5.41) is 10.2. The van der Waals surface area contributed by atoms with Crippen LogP contribution in [0.25, 0.3) is 0 Å². The first-order valence-electron chi connectivity index (χ1n) is 4.91. The van der Waals surface area contributed by atoms with Crippen molar-refractivity contribution < 1.29 is 27.9 Å². The number of hydrogen-bond donors (Lipinski definition) is 2. The number of carboxylic acids is 1. The van der Waals surface area contributed by atoms with Gasteiger partial charge in [0.15, 0.2) is 0 Å². The molecule has 1 amide bonds. The third-order valence-corrected chi connectivity index (χ3v) is 2.65. The van der Waals surface area contributed by atoms with Gasteiger partial charge in [-0.15, -0.1) is 0 Å². The molecule has 4 nitrogen and oxygen atoms in total. The van der Waals surface area contributed by atoms with Crippen LogP contribution in [0.1, 0.15) is 25.7 Å². The quantitative estimate of drug-likeness (QED) is 0.777. The maximum absolute atomic E-state index is 11.9. The Balaban J connectivity index is 2.50. The van der Waals surface area contributed by atoms with Gasteiger partial charge in [-0.05, 0) is 12.3 Å². The van der Waals surface area contributed by atoms with E-state index in [1.54, 1.807) is 0 Å². The molecule has 7 heteroatoms. The van der Waals surface area contributed by atoms with Crippen molar-refractivity contribution in [1.29, 1.82) is 0 Å². The summed E-state index contributed by atoms with van der Waals surface area (Å²) < 4.78 is 35.7. The lowest BCUT2D eigenvalue weighted by atomic mass is 9.81. The molecule has 1 fully saturated rings. The summed E-state index contributed by atoms with van der Waals surface area (Å²) in [6.07, 6.45) is -2.38. The highest BCUT2D eigenvalue weighted by atomic mass is 19.4. The molecule has 1 saturated carbocycles. The van der Waals surface area contributed by atoms with Crippen LogP contribution < -0.4 is 5.32 Å². The molecule has 0 heterocycles. The predicted octanol–water partition coefficient (Wildman–Crippen LogP) is 1.31. The number of aliphatic carboxylic acids is 1. The van der Waals surface area contributed by atoms with Gasteiger partial charge in [-0.2, -0.15) is 13.2 Å². The molecule has 1 aliphatic rings. The number of alkyl halides is 3. The zero-order valence-corrected chi connectivity index (χ0v) is 8.38. The topological polar surface area (TPSA) is 66.4 Å². The van der Waals surface area contributed by atoms with Crippen molar-refractivity contribution in [2.45, 2.75) is 37.9 Å². The number of carboxylic acid groups (broad SMARTS) is 1. The molecular formula is C9H12F3NO3. The SMILES string of the molecule is O=C(O)C(CC1CCC1)NC(=O)C(F)(F)F. The Hall–Kier alpha value is -1.27. The molecular weight excluding hydrogens is 227 g/mol. The Kier molecular flexibility index (Phi) is 3.77. The van der Waals surface area contributed by atoms with Crippen LogP contribution in [0.15, 0.2) is 0 Å². The molecule has 1 atom stereocenters. The van der Waals surface area contributed by atoms with Crippen LogP contribution in [-0.2, 0) is 9.59 Å². The third-order valence-electron chi connectivity index (χ3n) is 2.65. The Morgan fingerprint density at radius 3 is 2.25 bits per heavy atom. The monoisotopic (exact) mass is 239 g/mol. The van der Waals surface area contributed by atoms with Crippen LogP contribution in [0.3, 0.4) is 0 Å². The van der Waals surface area contributed by atoms with Crippen LogP contribution in [0.5, 0.6) is 0 Å². The van der Waals surface area contributed by atoms with Gasteiger partial charge >= 0.3 is 18.1 Å². The van der Waals surface area contributed by atoms with Gasteiger partial charge in [0.25, 0.3) is 0 Å². The highest BCUT2D eigenvalue weighted by Crippen LogP contribution is 2.30. The fourth-order valence-corrected chi connectivity index (χ4v) is 1.52. The van der Waals surface area contributed by atoms with E-state index in [1.165, 1.54) is 5.32 Å². The lowest BCUT2D eigenvalue weighted by Crippen LogP contribution is -2.48. The second kappa shape index (κ2) is 4.71. The van der Waals surface area contributed by atoms with E-state index in [4.69, 9.17) is 5.11 Å². The van der Waals surface area contributed by atoms with Crippen molar-refractivity contribution in [2.75, 3.05) is 0 Å². The van der Waals surface area contributed by atoms with Gasteiger partial charge in [-0.3, -0.25) is 4.79 Å². The zero-order valence-electron chi connectivity index (χ0n) is 8.38. The third kappa shape index (κ3) is 3.39. The maximum Gasteiger partial charge on any atom is 0.471 e. The van der Waals surface area contributed by atoms with Crippen LogP contribution in [0, 0.1) is 5.92 Å². The average molecular weight is 239 g/mol. The van der Waals surface area contributed by atoms with E-state index in [-0.39, 0.29) is 12.3 Å². The van der Waals surface area contributed by atoms with Gasteiger partial charge in [0.2, 0.25) is 0 Å². The summed E-state index contributed by atoms with van der Waals surface area (Å²) in [6, 6.07) is -1.44. The lowest BCUT2D eigenvalue weighted by molar-refractivity contribution is -0.175. The van der Waals surface area contributed by atoms with Gasteiger partial charge in [-0.1, -0.05) is 19.3 Å². The molecule has 0 aromatic heterocycles. The highest BCUT2D eigenvalue weighted by Gasteiger charge is 2.41. The van der Waals surface area contributed by atoms with Gasteiger partial charge in [0.05, 0.1) is 0 Å². The van der Waals surface area contributed by atoms with Crippen LogP contribution in [0.4, 0.5) is 13.2 Å². The fraction of sp³-hybridized carbons (Fsp3) is 0.778. The first-order valence-corrected chi connectivity index (χ1v) is 4.91. The Bertz CT molecular complexity index is 286. The number of rotatable bonds is 4. The van der Waals surface area contributed by atoms with E-state index >= 15 is 0 Å². The number of carbonyl (C=O) groups is 2. The summed E-state index contributed by atoms with van der Waals surface area (Å²) in [7, 11) is 0. The number of carbonyl (C=O) groups excluding carboxylic acids is 1. The second-order valence-electron chi connectivity index (χ2n) is 3.89. The maximum atomic E-state index is 11.9. The number of hydrogen-bond acceptors (Lipinski definition) is 2. The van der Waals surface area contributed by atoms with Crippen molar-refractivity contribution in [2.24, 2.45) is 5.92 Å². The predicted molar refractivity (Wildman–Crippen MR) is 47.6 cm³/mol. The van der Waals surface area contributed by atoms with Gasteiger partial charge in [-0.25, -0.2) is 4.79 Å². The van der Waals surface area contributed by atoms with Gasteiger partial charge in [0.1, 0.15) is 6.04 Å². The molecule has 0 bridgehead atoms. The van der Waals surface area contributed by atoms with Crippen molar-refractivity contribution >= 4 is 11.9 Å². The van der Waals surface area contributed by atoms with Crippen LogP contribution in [0.2, 0.25) is 0 Å². The molecule has 0 saturated heterocycles. The summed E-state index contributed by atoms with van der Waals surface area (Å²) in [5.74, 6) is -3.52. The summed E-state index contributed by atoms with van der Waals surface area (Å²) in [6.45, 7) is 0. The zero-order chi connectivity index (χ0) is 12.3. The largest absolute Gasteiger partial charge is 0.480 e. The van der Waals surface area contributed by atoms with E-state index in [1.807, 2.05) is 0 Å². The van der Waals surface area contributed by atoms with E-state index in [9.17, 15) is 22.8 Å². The minimum Gasteiger partial charge on any atom is -0.480 e. The van der Waals surface area contributed by atoms with Crippen molar-refractivity contribution in [3.8, 4) is 0 Å². The minimum atomic E-state index is -5.03. The molecule has 1 unspecified atom stereocenters. The summed E-state index contributed by atoms with van der Waals surface area (Å²) in [5.41, 5.74) is 0.